The summed E-state index contributed by atoms with van der Waals surface area (Å²) in [5.41, 5.74) is 2.76. The molecule has 0 bridgehead atoms. The monoisotopic (exact) mass is 280 g/mol. The highest BCUT2D eigenvalue weighted by Crippen LogP contribution is 2.29. The first-order valence-electron chi connectivity index (χ1n) is 4.94. The summed E-state index contributed by atoms with van der Waals surface area (Å²) in [7, 11) is 0. The minimum Gasteiger partial charge on any atom is -0.268 e. The van der Waals surface area contributed by atoms with Crippen LogP contribution < -0.4 is 5.56 Å². The summed E-state index contributed by atoms with van der Waals surface area (Å²) in [6.07, 6.45) is 0. The standard InChI is InChI=1S/C11H8N2OS3/c14-10-3-5-17-13(10)11(8-6-15-7-12-8)9-2-1-4-16-9/h1-7,11H. The van der Waals surface area contributed by atoms with Gasteiger partial charge in [-0.3, -0.25) is 4.79 Å². The fourth-order valence-electron chi connectivity index (χ4n) is 1.65. The summed E-state index contributed by atoms with van der Waals surface area (Å²) in [6.45, 7) is 0. The topological polar surface area (TPSA) is 34.9 Å². The SMILES string of the molecule is O=c1ccsn1C(c1cscn1)c1cccs1. The second-order valence-electron chi connectivity index (χ2n) is 3.40. The lowest BCUT2D eigenvalue weighted by Crippen LogP contribution is -2.20. The van der Waals surface area contributed by atoms with E-state index in [4.69, 9.17) is 0 Å². The fraction of sp³-hybridized carbons (Fsp3) is 0.0909. The average molecular weight is 280 g/mol. The number of nitrogens with zero attached hydrogens (tertiary/aromatic N) is 2. The fourth-order valence-corrected chi connectivity index (χ4v) is 3.94. The van der Waals surface area contributed by atoms with E-state index in [0.717, 1.165) is 10.6 Å². The van der Waals surface area contributed by atoms with E-state index in [1.807, 2.05) is 28.3 Å². The highest BCUT2D eigenvalue weighted by Gasteiger charge is 2.20. The molecule has 3 aromatic heterocycles. The highest BCUT2D eigenvalue weighted by molar-refractivity contribution is 7.10. The first kappa shape index (κ1) is 10.9. The van der Waals surface area contributed by atoms with Gasteiger partial charge >= 0.3 is 0 Å². The van der Waals surface area contributed by atoms with E-state index < -0.39 is 0 Å². The number of hydrogen-bond acceptors (Lipinski definition) is 5. The van der Waals surface area contributed by atoms with Gasteiger partial charge in [0.1, 0.15) is 6.04 Å². The van der Waals surface area contributed by atoms with E-state index in [1.165, 1.54) is 11.5 Å². The molecule has 17 heavy (non-hydrogen) atoms. The Bertz CT molecular complexity index is 602. The molecule has 0 amide bonds. The van der Waals surface area contributed by atoms with Gasteiger partial charge in [-0.05, 0) is 11.4 Å². The summed E-state index contributed by atoms with van der Waals surface area (Å²) in [4.78, 5) is 17.3. The average Bonchev–Trinajstić information content (AvgIpc) is 3.04. The predicted molar refractivity (Wildman–Crippen MR) is 72.3 cm³/mol. The Kier molecular flexibility index (Phi) is 2.92. The van der Waals surface area contributed by atoms with Crippen molar-refractivity contribution in [3.8, 4) is 0 Å². The normalized spacial score (nSPS) is 12.7. The molecule has 1 unspecified atom stereocenters. The van der Waals surface area contributed by atoms with Gasteiger partial charge in [0.25, 0.3) is 5.56 Å². The Labute approximate surface area is 110 Å². The van der Waals surface area contributed by atoms with Crippen molar-refractivity contribution in [3.63, 3.8) is 0 Å². The Hall–Kier alpha value is -1.24. The maximum atomic E-state index is 11.8. The van der Waals surface area contributed by atoms with Gasteiger partial charge in [0.15, 0.2) is 0 Å². The minimum absolute atomic E-state index is 0.0291. The van der Waals surface area contributed by atoms with Gasteiger partial charge in [-0.2, -0.15) is 0 Å². The Morgan fingerprint density at radius 1 is 1.29 bits per heavy atom. The predicted octanol–water partition coefficient (Wildman–Crippen LogP) is 3.07. The zero-order chi connectivity index (χ0) is 11.7. The summed E-state index contributed by atoms with van der Waals surface area (Å²) < 4.78 is 1.76. The van der Waals surface area contributed by atoms with Gasteiger partial charge in [0, 0.05) is 21.7 Å². The maximum Gasteiger partial charge on any atom is 0.261 e. The third kappa shape index (κ3) is 1.99. The molecule has 0 aliphatic carbocycles. The molecule has 0 N–H and O–H groups in total. The molecule has 0 saturated heterocycles. The molecule has 0 aliphatic heterocycles. The van der Waals surface area contributed by atoms with Crippen LogP contribution in [0.4, 0.5) is 0 Å². The number of thiazole rings is 1. The molecule has 0 aromatic carbocycles. The van der Waals surface area contributed by atoms with Crippen molar-refractivity contribution >= 4 is 34.2 Å². The molecule has 3 heterocycles. The molecule has 0 fully saturated rings. The van der Waals surface area contributed by atoms with Crippen LogP contribution in [0.15, 0.2) is 44.6 Å². The van der Waals surface area contributed by atoms with Crippen molar-refractivity contribution < 1.29 is 0 Å². The Morgan fingerprint density at radius 3 is 2.82 bits per heavy atom. The third-order valence-corrected chi connectivity index (χ3v) is 4.79. The highest BCUT2D eigenvalue weighted by atomic mass is 32.1. The van der Waals surface area contributed by atoms with Crippen molar-refractivity contribution in [2.75, 3.05) is 0 Å². The summed E-state index contributed by atoms with van der Waals surface area (Å²) >= 11 is 4.63. The number of thiophene rings is 1. The molecule has 0 aliphatic rings. The molecular formula is C11H8N2OS3. The van der Waals surface area contributed by atoms with Crippen LogP contribution >= 0.6 is 34.2 Å². The first-order chi connectivity index (χ1) is 8.36. The molecule has 1 atom stereocenters. The van der Waals surface area contributed by atoms with E-state index in [1.54, 1.807) is 38.2 Å². The van der Waals surface area contributed by atoms with Crippen LogP contribution in [0, 0.1) is 0 Å². The van der Waals surface area contributed by atoms with E-state index in [-0.39, 0.29) is 11.6 Å². The Balaban J connectivity index is 2.16. The minimum atomic E-state index is -0.0752. The van der Waals surface area contributed by atoms with Gasteiger partial charge in [-0.1, -0.05) is 17.6 Å². The van der Waals surface area contributed by atoms with E-state index in [9.17, 15) is 4.79 Å². The quantitative estimate of drug-likeness (QED) is 0.739. The summed E-state index contributed by atoms with van der Waals surface area (Å²) in [6, 6.07) is 5.56. The second kappa shape index (κ2) is 4.56. The van der Waals surface area contributed by atoms with Gasteiger partial charge in [0.2, 0.25) is 0 Å². The van der Waals surface area contributed by atoms with Crippen LogP contribution in [0.5, 0.6) is 0 Å². The maximum absolute atomic E-state index is 11.8. The van der Waals surface area contributed by atoms with Crippen LogP contribution in [0.3, 0.4) is 0 Å². The smallest absolute Gasteiger partial charge is 0.261 e. The number of aromatic nitrogens is 2. The van der Waals surface area contributed by atoms with E-state index in [2.05, 4.69) is 4.98 Å². The lowest BCUT2D eigenvalue weighted by atomic mass is 10.2. The van der Waals surface area contributed by atoms with Crippen molar-refractivity contribution in [1.29, 1.82) is 0 Å². The zero-order valence-corrected chi connectivity index (χ0v) is 11.1. The molecular weight excluding hydrogens is 272 g/mol. The molecule has 0 radical (unpaired) electrons. The van der Waals surface area contributed by atoms with Gasteiger partial charge < -0.3 is 0 Å². The van der Waals surface area contributed by atoms with Gasteiger partial charge in [-0.25, -0.2) is 8.94 Å². The van der Waals surface area contributed by atoms with Crippen LogP contribution in [0.25, 0.3) is 0 Å². The molecule has 0 spiro atoms. The molecule has 86 valence electrons. The van der Waals surface area contributed by atoms with Crippen molar-refractivity contribution in [3.05, 3.63) is 60.8 Å². The lowest BCUT2D eigenvalue weighted by molar-refractivity contribution is 0.710. The van der Waals surface area contributed by atoms with Gasteiger partial charge in [0.05, 0.1) is 11.2 Å². The van der Waals surface area contributed by atoms with Crippen LogP contribution in [0.2, 0.25) is 0 Å². The summed E-state index contributed by atoms with van der Waals surface area (Å²) in [5.74, 6) is 0. The van der Waals surface area contributed by atoms with Crippen LogP contribution in [-0.4, -0.2) is 8.94 Å². The van der Waals surface area contributed by atoms with Crippen LogP contribution in [-0.2, 0) is 0 Å². The van der Waals surface area contributed by atoms with Gasteiger partial charge in [-0.15, -0.1) is 22.7 Å². The molecule has 0 saturated carbocycles. The Morgan fingerprint density at radius 2 is 2.24 bits per heavy atom. The summed E-state index contributed by atoms with van der Waals surface area (Å²) in [5, 5.41) is 5.83. The van der Waals surface area contributed by atoms with Crippen molar-refractivity contribution in [2.24, 2.45) is 0 Å². The zero-order valence-electron chi connectivity index (χ0n) is 8.65. The van der Waals surface area contributed by atoms with E-state index in [0.29, 0.717) is 0 Å². The number of rotatable bonds is 3. The largest absolute Gasteiger partial charge is 0.268 e. The van der Waals surface area contributed by atoms with Crippen LogP contribution in [0.1, 0.15) is 16.6 Å². The number of hydrogen-bond donors (Lipinski definition) is 0. The molecule has 3 nitrogen and oxygen atoms in total. The third-order valence-electron chi connectivity index (χ3n) is 2.38. The molecule has 3 rings (SSSR count). The first-order valence-corrected chi connectivity index (χ1v) is 7.60. The lowest BCUT2D eigenvalue weighted by Gasteiger charge is -2.13. The van der Waals surface area contributed by atoms with Crippen molar-refractivity contribution in [2.45, 2.75) is 6.04 Å². The second-order valence-corrected chi connectivity index (χ2v) is 5.98. The molecule has 6 heteroatoms. The van der Waals surface area contributed by atoms with Crippen molar-refractivity contribution in [1.82, 2.24) is 8.94 Å². The molecule has 3 aromatic rings. The van der Waals surface area contributed by atoms with E-state index >= 15 is 0 Å².